The summed E-state index contributed by atoms with van der Waals surface area (Å²) >= 11 is 0. The first-order valence-electron chi connectivity index (χ1n) is 8.01. The quantitative estimate of drug-likeness (QED) is 0.783. The summed E-state index contributed by atoms with van der Waals surface area (Å²) < 4.78 is 5.32. The Labute approximate surface area is 131 Å². The molecule has 0 saturated carbocycles. The van der Waals surface area contributed by atoms with Crippen LogP contribution >= 0.6 is 0 Å². The fraction of sp³-hybridized carbons (Fsp3) is 0.684. The van der Waals surface area contributed by atoms with E-state index in [4.69, 9.17) is 4.74 Å². The second kappa shape index (κ2) is 7.31. The van der Waals surface area contributed by atoms with Crippen LogP contribution in [0.25, 0.3) is 0 Å². The molecule has 0 atom stereocenters. The normalized spacial score (nSPS) is 12.5. The summed E-state index contributed by atoms with van der Waals surface area (Å²) in [6, 6.07) is 6.52. The lowest BCUT2D eigenvalue weighted by Crippen LogP contribution is -2.38. The van der Waals surface area contributed by atoms with E-state index in [1.54, 1.807) is 7.11 Å². The molecule has 0 unspecified atom stereocenters. The van der Waals surface area contributed by atoms with Gasteiger partial charge in [-0.25, -0.2) is 0 Å². The molecule has 2 heteroatoms. The van der Waals surface area contributed by atoms with Crippen molar-refractivity contribution in [3.05, 3.63) is 29.3 Å². The minimum atomic E-state index is 0.211. The van der Waals surface area contributed by atoms with E-state index >= 15 is 0 Å². The van der Waals surface area contributed by atoms with Crippen molar-refractivity contribution in [1.29, 1.82) is 0 Å². The molecule has 0 fully saturated rings. The minimum absolute atomic E-state index is 0.211. The van der Waals surface area contributed by atoms with Gasteiger partial charge in [0.2, 0.25) is 0 Å². The van der Waals surface area contributed by atoms with Crippen LogP contribution in [0.1, 0.15) is 58.6 Å². The third-order valence-corrected chi connectivity index (χ3v) is 4.01. The highest BCUT2D eigenvalue weighted by Crippen LogP contribution is 2.28. The van der Waals surface area contributed by atoms with Crippen LogP contribution in [0.5, 0.6) is 5.75 Å². The molecule has 0 bridgehead atoms. The van der Waals surface area contributed by atoms with Gasteiger partial charge in [-0.1, -0.05) is 26.0 Å². The summed E-state index contributed by atoms with van der Waals surface area (Å²) in [5.41, 5.74) is 3.21. The number of rotatable bonds is 7. The zero-order valence-corrected chi connectivity index (χ0v) is 15.0. The van der Waals surface area contributed by atoms with Gasteiger partial charge < -0.3 is 10.1 Å². The second-order valence-electron chi connectivity index (χ2n) is 7.89. The van der Waals surface area contributed by atoms with E-state index < -0.39 is 0 Å². The van der Waals surface area contributed by atoms with Crippen molar-refractivity contribution < 1.29 is 4.74 Å². The molecule has 1 N–H and O–H groups in total. The third kappa shape index (κ3) is 6.99. The molecule has 0 saturated heterocycles. The van der Waals surface area contributed by atoms with E-state index in [1.807, 2.05) is 0 Å². The molecule has 1 aromatic rings. The maximum Gasteiger partial charge on any atom is 0.121 e. The zero-order chi connectivity index (χ0) is 16.1. The molecule has 1 aromatic carbocycles. The average molecular weight is 291 g/mol. The first kappa shape index (κ1) is 18.0. The zero-order valence-electron chi connectivity index (χ0n) is 15.0. The Kier molecular flexibility index (Phi) is 6.27. The predicted molar refractivity (Wildman–Crippen MR) is 92.2 cm³/mol. The van der Waals surface area contributed by atoms with Crippen LogP contribution in [0.15, 0.2) is 18.2 Å². The van der Waals surface area contributed by atoms with E-state index in [1.165, 1.54) is 24.0 Å². The second-order valence-corrected chi connectivity index (χ2v) is 7.89. The van der Waals surface area contributed by atoms with E-state index in [2.05, 4.69) is 65.1 Å². The molecule has 0 radical (unpaired) electrons. The van der Waals surface area contributed by atoms with Crippen molar-refractivity contribution in [3.63, 3.8) is 0 Å². The molecule has 1 rings (SSSR count). The Morgan fingerprint density at radius 2 is 1.71 bits per heavy atom. The molecular formula is C19H33NO. The van der Waals surface area contributed by atoms with Gasteiger partial charge in [0.15, 0.2) is 0 Å². The maximum absolute atomic E-state index is 5.32. The predicted octanol–water partition coefficient (Wildman–Crippen LogP) is 4.74. The van der Waals surface area contributed by atoms with E-state index in [0.717, 1.165) is 18.7 Å². The molecule has 2 nitrogen and oxygen atoms in total. The van der Waals surface area contributed by atoms with Crippen molar-refractivity contribution in [2.45, 2.75) is 66.3 Å². The SMILES string of the molecule is COc1ccc(CCC(C)(C)CCNC(C)(C)C)cc1C. The van der Waals surface area contributed by atoms with Crippen LogP contribution in [-0.2, 0) is 6.42 Å². The molecule has 0 aliphatic rings. The number of hydrogen-bond acceptors (Lipinski definition) is 2. The fourth-order valence-electron chi connectivity index (χ4n) is 2.48. The van der Waals surface area contributed by atoms with Crippen molar-refractivity contribution in [1.82, 2.24) is 5.32 Å². The highest BCUT2D eigenvalue weighted by molar-refractivity contribution is 5.36. The highest BCUT2D eigenvalue weighted by Gasteiger charge is 2.19. The summed E-state index contributed by atoms with van der Waals surface area (Å²) in [5, 5.41) is 3.58. The smallest absolute Gasteiger partial charge is 0.121 e. The number of nitrogens with one attached hydrogen (secondary N) is 1. The lowest BCUT2D eigenvalue weighted by molar-refractivity contribution is 0.284. The number of benzene rings is 1. The summed E-state index contributed by atoms with van der Waals surface area (Å²) in [6.07, 6.45) is 3.55. The van der Waals surface area contributed by atoms with Gasteiger partial charge in [0, 0.05) is 5.54 Å². The molecule has 0 aliphatic heterocycles. The fourth-order valence-corrected chi connectivity index (χ4v) is 2.48. The van der Waals surface area contributed by atoms with Gasteiger partial charge in [-0.05, 0) is 76.1 Å². The largest absolute Gasteiger partial charge is 0.496 e. The molecule has 0 spiro atoms. The Morgan fingerprint density at radius 3 is 2.24 bits per heavy atom. The summed E-state index contributed by atoms with van der Waals surface area (Å²) in [5.74, 6) is 0.979. The Balaban J connectivity index is 2.47. The van der Waals surface area contributed by atoms with Crippen LogP contribution in [0.3, 0.4) is 0 Å². The molecular weight excluding hydrogens is 258 g/mol. The number of ether oxygens (including phenoxy) is 1. The first-order valence-corrected chi connectivity index (χ1v) is 8.01. The van der Waals surface area contributed by atoms with Crippen LogP contribution < -0.4 is 10.1 Å². The molecule has 0 amide bonds. The Hall–Kier alpha value is -1.02. The van der Waals surface area contributed by atoms with Gasteiger partial charge in [0.1, 0.15) is 5.75 Å². The molecule has 21 heavy (non-hydrogen) atoms. The molecule has 0 aromatic heterocycles. The van der Waals surface area contributed by atoms with Crippen molar-refractivity contribution in [2.24, 2.45) is 5.41 Å². The van der Waals surface area contributed by atoms with Gasteiger partial charge in [-0.3, -0.25) is 0 Å². The Morgan fingerprint density at radius 1 is 1.05 bits per heavy atom. The lowest BCUT2D eigenvalue weighted by Gasteiger charge is -2.28. The van der Waals surface area contributed by atoms with Gasteiger partial charge in [-0.15, -0.1) is 0 Å². The minimum Gasteiger partial charge on any atom is -0.496 e. The average Bonchev–Trinajstić information content (AvgIpc) is 2.35. The molecule has 0 aliphatic carbocycles. The van der Waals surface area contributed by atoms with Crippen LogP contribution in [0.4, 0.5) is 0 Å². The van der Waals surface area contributed by atoms with Gasteiger partial charge in [0.05, 0.1) is 7.11 Å². The number of hydrogen-bond donors (Lipinski definition) is 1. The maximum atomic E-state index is 5.32. The Bertz CT molecular complexity index is 443. The molecule has 120 valence electrons. The van der Waals surface area contributed by atoms with Gasteiger partial charge >= 0.3 is 0 Å². The van der Waals surface area contributed by atoms with Crippen molar-refractivity contribution in [3.8, 4) is 5.75 Å². The third-order valence-electron chi connectivity index (χ3n) is 4.01. The monoisotopic (exact) mass is 291 g/mol. The van der Waals surface area contributed by atoms with Crippen LogP contribution in [0.2, 0.25) is 0 Å². The van der Waals surface area contributed by atoms with Crippen LogP contribution in [-0.4, -0.2) is 19.2 Å². The van der Waals surface area contributed by atoms with E-state index in [0.29, 0.717) is 5.41 Å². The van der Waals surface area contributed by atoms with E-state index in [-0.39, 0.29) is 5.54 Å². The first-order chi connectivity index (χ1) is 9.63. The van der Waals surface area contributed by atoms with Gasteiger partial charge in [0.25, 0.3) is 0 Å². The lowest BCUT2D eigenvalue weighted by atomic mass is 9.83. The molecule has 0 heterocycles. The number of methoxy groups -OCH3 is 1. The highest BCUT2D eigenvalue weighted by atomic mass is 16.5. The van der Waals surface area contributed by atoms with Crippen molar-refractivity contribution >= 4 is 0 Å². The van der Waals surface area contributed by atoms with Crippen molar-refractivity contribution in [2.75, 3.05) is 13.7 Å². The summed E-state index contributed by atoms with van der Waals surface area (Å²) in [7, 11) is 1.73. The van der Waals surface area contributed by atoms with Crippen LogP contribution in [0, 0.1) is 12.3 Å². The standard InChI is InChI=1S/C19H33NO/c1-15-14-16(8-9-17(15)21-7)10-11-19(5,6)12-13-20-18(2,3)4/h8-9,14,20H,10-13H2,1-7H3. The van der Waals surface area contributed by atoms with Gasteiger partial charge in [-0.2, -0.15) is 0 Å². The number of aryl methyl sites for hydroxylation is 2. The summed E-state index contributed by atoms with van der Waals surface area (Å²) in [4.78, 5) is 0. The topological polar surface area (TPSA) is 21.3 Å². The summed E-state index contributed by atoms with van der Waals surface area (Å²) in [6.45, 7) is 14.6. The van der Waals surface area contributed by atoms with E-state index in [9.17, 15) is 0 Å².